The van der Waals surface area contributed by atoms with Crippen molar-refractivity contribution in [2.75, 3.05) is 24.1 Å². The number of aryl methyl sites for hydroxylation is 1. The smallest absolute Gasteiger partial charge is 0.427 e. The molecule has 0 unspecified atom stereocenters. The van der Waals surface area contributed by atoms with E-state index in [1.165, 1.54) is 29.1 Å². The highest BCUT2D eigenvalue weighted by molar-refractivity contribution is 7.93. The number of aromatic nitrogens is 2. The molecule has 0 saturated carbocycles. The number of esters is 1. The van der Waals surface area contributed by atoms with Gasteiger partial charge >= 0.3 is 12.1 Å². The molecular formula is C26H35F3N4O8S. The van der Waals surface area contributed by atoms with Gasteiger partial charge in [0.05, 0.1) is 25.3 Å². The van der Waals surface area contributed by atoms with E-state index in [0.717, 1.165) is 18.2 Å². The van der Waals surface area contributed by atoms with Crippen LogP contribution in [0.15, 0.2) is 29.3 Å². The van der Waals surface area contributed by atoms with Crippen molar-refractivity contribution in [3.05, 3.63) is 30.0 Å². The number of amides is 1. The van der Waals surface area contributed by atoms with Gasteiger partial charge < -0.3 is 25.1 Å². The summed E-state index contributed by atoms with van der Waals surface area (Å²) in [5, 5.41) is 13.3. The number of carbonyl (C=O) groups excluding carboxylic acids is 2. The molecule has 16 heteroatoms. The lowest BCUT2D eigenvalue weighted by Crippen LogP contribution is -2.47. The third-order valence-corrected chi connectivity index (χ3v) is 8.44. The van der Waals surface area contributed by atoms with Crippen LogP contribution in [0.5, 0.6) is 11.6 Å². The lowest BCUT2D eigenvalue weighted by molar-refractivity contribution is -0.257. The third kappa shape index (κ3) is 7.09. The highest BCUT2D eigenvalue weighted by Gasteiger charge is 2.50. The fourth-order valence-electron chi connectivity index (χ4n) is 4.10. The number of sulfonamides is 1. The third-order valence-electron chi connectivity index (χ3n) is 6.68. The zero-order valence-corrected chi connectivity index (χ0v) is 24.7. The predicted molar refractivity (Wildman–Crippen MR) is 143 cm³/mol. The van der Waals surface area contributed by atoms with Gasteiger partial charge in [-0.3, -0.25) is 18.6 Å². The molecule has 234 valence electrons. The number of rotatable bonds is 12. The van der Waals surface area contributed by atoms with Gasteiger partial charge in [0, 0.05) is 18.2 Å². The Morgan fingerprint density at radius 3 is 2.45 bits per heavy atom. The summed E-state index contributed by atoms with van der Waals surface area (Å²) >= 11 is 0. The molecule has 2 heterocycles. The summed E-state index contributed by atoms with van der Waals surface area (Å²) in [5.41, 5.74) is 1.90. The average Bonchev–Trinajstić information content (AvgIpc) is 3.30. The van der Waals surface area contributed by atoms with Gasteiger partial charge in [-0.15, -0.1) is 5.10 Å². The largest absolute Gasteiger partial charge is 0.486 e. The highest BCUT2D eigenvalue weighted by Crippen LogP contribution is 2.41. The Morgan fingerprint density at radius 2 is 1.88 bits per heavy atom. The number of carbonyl (C=O) groups is 2. The number of hydrogen-bond donors (Lipinski definition) is 2. The molecule has 1 aromatic heterocycles. The maximum atomic E-state index is 14.1. The van der Waals surface area contributed by atoms with Crippen LogP contribution in [0.2, 0.25) is 0 Å². The zero-order chi connectivity index (χ0) is 31.7. The quantitative estimate of drug-likeness (QED) is 0.340. The number of aliphatic hydroxyl groups excluding tert-OH is 1. The molecular weight excluding hydrogens is 585 g/mol. The molecule has 0 bridgehead atoms. The van der Waals surface area contributed by atoms with E-state index >= 15 is 0 Å². The monoisotopic (exact) mass is 620 g/mol. The van der Waals surface area contributed by atoms with Crippen molar-refractivity contribution < 1.29 is 50.5 Å². The lowest BCUT2D eigenvalue weighted by atomic mass is 9.85. The fourth-order valence-corrected chi connectivity index (χ4v) is 5.68. The van der Waals surface area contributed by atoms with E-state index in [4.69, 9.17) is 15.2 Å². The Labute approximate surface area is 241 Å². The number of halogens is 3. The normalized spacial score (nSPS) is 16.0. The van der Waals surface area contributed by atoms with Crippen molar-refractivity contribution in [1.82, 2.24) is 9.78 Å². The van der Waals surface area contributed by atoms with Gasteiger partial charge in [-0.2, -0.15) is 13.2 Å². The van der Waals surface area contributed by atoms with E-state index in [9.17, 15) is 36.3 Å². The molecule has 1 atom stereocenters. The maximum absolute atomic E-state index is 14.1. The molecule has 0 radical (unpaired) electrons. The number of aliphatic hydroxyl groups is 1. The van der Waals surface area contributed by atoms with Crippen molar-refractivity contribution >= 4 is 27.6 Å². The Morgan fingerprint density at radius 1 is 1.21 bits per heavy atom. The maximum Gasteiger partial charge on any atom is 0.427 e. The van der Waals surface area contributed by atoms with Crippen molar-refractivity contribution in [3.63, 3.8) is 0 Å². The Balaban J connectivity index is 2.06. The predicted octanol–water partition coefficient (Wildman–Crippen LogP) is 2.56. The van der Waals surface area contributed by atoms with E-state index in [1.807, 2.05) is 0 Å². The second kappa shape index (κ2) is 12.0. The number of benzene rings is 1. The molecule has 2 aromatic rings. The van der Waals surface area contributed by atoms with E-state index in [-0.39, 0.29) is 47.3 Å². The Kier molecular flexibility index (Phi) is 9.41. The van der Waals surface area contributed by atoms with E-state index < -0.39 is 58.2 Å². The van der Waals surface area contributed by atoms with Crippen LogP contribution in [0.3, 0.4) is 0 Å². The summed E-state index contributed by atoms with van der Waals surface area (Å²) in [6.07, 6.45) is -4.90. The zero-order valence-electron chi connectivity index (χ0n) is 23.9. The minimum absolute atomic E-state index is 0.000805. The van der Waals surface area contributed by atoms with Crippen LogP contribution in [0.1, 0.15) is 46.6 Å². The topological polar surface area (TPSA) is 163 Å². The first-order chi connectivity index (χ1) is 19.3. The van der Waals surface area contributed by atoms with Gasteiger partial charge in [0.15, 0.2) is 4.90 Å². The number of alkyl halides is 3. The second-order valence-electron chi connectivity index (χ2n) is 10.9. The number of nitrogens with zero attached hydrogens (tertiary/aromatic N) is 3. The molecule has 1 amide bonds. The molecule has 0 aliphatic carbocycles. The van der Waals surface area contributed by atoms with Crippen LogP contribution < -0.4 is 19.5 Å². The van der Waals surface area contributed by atoms with Gasteiger partial charge in [-0.25, -0.2) is 8.42 Å². The van der Waals surface area contributed by atoms with Crippen molar-refractivity contribution in [2.24, 2.45) is 11.1 Å². The number of ether oxygens (including phenoxy) is 3. The number of hydrogen-bond acceptors (Lipinski definition) is 9. The molecule has 1 aliphatic rings. The summed E-state index contributed by atoms with van der Waals surface area (Å²) < 4.78 is 86.3. The Bertz CT molecular complexity index is 1420. The molecule has 12 nitrogen and oxygen atoms in total. The van der Waals surface area contributed by atoms with E-state index in [0.29, 0.717) is 6.54 Å². The summed E-state index contributed by atoms with van der Waals surface area (Å²) in [7, 11) is -4.45. The molecule has 0 spiro atoms. The van der Waals surface area contributed by atoms with Crippen LogP contribution in [-0.4, -0.2) is 72.8 Å². The fraction of sp³-hybridized carbons (Fsp3) is 0.577. The number of anilines is 1. The SMILES string of the molecule is CCn1cc(S(=O)(=O)N2C[C@H](CC(C)(C)C(N)=O)Oc3ccc(CC(=O)OC(C)(C)C(F)(F)F)cc32)c(OCCO)n1. The van der Waals surface area contributed by atoms with Crippen LogP contribution in [0.4, 0.5) is 18.9 Å². The van der Waals surface area contributed by atoms with Gasteiger partial charge in [0.1, 0.15) is 18.5 Å². The van der Waals surface area contributed by atoms with Crippen molar-refractivity contribution in [2.45, 2.75) is 76.8 Å². The van der Waals surface area contributed by atoms with Gasteiger partial charge in [-0.1, -0.05) is 19.9 Å². The standard InChI is InChI=1S/C26H35F3N4O8S/c1-6-32-15-20(22(31-32)39-10-9-34)42(37,38)33-14-17(13-24(2,3)23(30)36)40-19-8-7-16(11-18(19)33)12-21(35)41-25(4,5)26(27,28)29/h7-8,11,15,17,34H,6,9-10,12-14H2,1-5H3,(H2,30,36)/t17-/m0/s1. The number of primary amides is 1. The molecule has 1 aliphatic heterocycles. The molecule has 3 rings (SSSR count). The molecule has 3 N–H and O–H groups in total. The average molecular weight is 621 g/mol. The first-order valence-corrected chi connectivity index (χ1v) is 14.5. The van der Waals surface area contributed by atoms with Gasteiger partial charge in [-0.05, 0) is 44.9 Å². The van der Waals surface area contributed by atoms with Crippen molar-refractivity contribution in [3.8, 4) is 11.6 Å². The van der Waals surface area contributed by atoms with Crippen LogP contribution in [0.25, 0.3) is 0 Å². The minimum atomic E-state index is -4.80. The van der Waals surface area contributed by atoms with Crippen LogP contribution in [-0.2, 0) is 37.3 Å². The molecule has 1 aromatic carbocycles. The lowest BCUT2D eigenvalue weighted by Gasteiger charge is -2.38. The van der Waals surface area contributed by atoms with E-state index in [2.05, 4.69) is 9.84 Å². The Hall–Kier alpha value is -3.53. The summed E-state index contributed by atoms with van der Waals surface area (Å²) in [5.74, 6) is -1.95. The van der Waals surface area contributed by atoms with Gasteiger partial charge in [0.2, 0.25) is 11.5 Å². The first-order valence-electron chi connectivity index (χ1n) is 13.0. The summed E-state index contributed by atoms with van der Waals surface area (Å²) in [4.78, 5) is 24.1. The summed E-state index contributed by atoms with van der Waals surface area (Å²) in [6, 6.07) is 4.10. The highest BCUT2D eigenvalue weighted by atomic mass is 32.2. The molecule has 0 saturated heterocycles. The van der Waals surface area contributed by atoms with Gasteiger partial charge in [0.25, 0.3) is 15.9 Å². The van der Waals surface area contributed by atoms with Crippen molar-refractivity contribution in [1.29, 1.82) is 0 Å². The number of fused-ring (bicyclic) bond motifs is 1. The second-order valence-corrected chi connectivity index (χ2v) is 12.7. The van der Waals surface area contributed by atoms with E-state index in [1.54, 1.807) is 20.8 Å². The van der Waals surface area contributed by atoms with Crippen LogP contribution in [0, 0.1) is 5.41 Å². The summed E-state index contributed by atoms with van der Waals surface area (Å²) in [6.45, 7) is 5.77. The first kappa shape index (κ1) is 33.0. The molecule has 0 fully saturated rings. The van der Waals surface area contributed by atoms with Crippen LogP contribution >= 0.6 is 0 Å². The molecule has 42 heavy (non-hydrogen) atoms. The minimum Gasteiger partial charge on any atom is -0.486 e. The number of nitrogens with two attached hydrogens (primary N) is 1.